The van der Waals surface area contributed by atoms with Crippen LogP contribution in [-0.4, -0.2) is 43.9 Å². The SMILES string of the molecule is C[N+](C)(C)CCOc1ccccc1N=Nc1ccc(O)c2ccccc12.[Cl-]. The van der Waals surface area contributed by atoms with Gasteiger partial charge in [0.15, 0.2) is 0 Å². The Labute approximate surface area is 165 Å². The molecule has 3 rings (SSSR count). The maximum absolute atomic E-state index is 9.99. The Morgan fingerprint density at radius 2 is 1.44 bits per heavy atom. The first-order chi connectivity index (χ1) is 12.4. The van der Waals surface area contributed by atoms with Gasteiger partial charge in [-0.25, -0.2) is 0 Å². The van der Waals surface area contributed by atoms with Crippen LogP contribution < -0.4 is 17.1 Å². The molecule has 0 fully saturated rings. The van der Waals surface area contributed by atoms with E-state index in [4.69, 9.17) is 4.74 Å². The van der Waals surface area contributed by atoms with Crippen LogP contribution in [0.2, 0.25) is 0 Å². The van der Waals surface area contributed by atoms with Gasteiger partial charge >= 0.3 is 0 Å². The molecule has 142 valence electrons. The molecular formula is C21H24ClN3O2. The zero-order chi connectivity index (χ0) is 18.6. The number of para-hydroxylation sites is 1. The minimum atomic E-state index is 0. The van der Waals surface area contributed by atoms with Crippen LogP contribution in [0.25, 0.3) is 10.8 Å². The van der Waals surface area contributed by atoms with Gasteiger partial charge in [0.25, 0.3) is 0 Å². The zero-order valence-electron chi connectivity index (χ0n) is 15.8. The number of likely N-dealkylation sites (N-methyl/N-ethyl adjacent to an activating group) is 1. The number of aromatic hydroxyl groups is 1. The van der Waals surface area contributed by atoms with Crippen molar-refractivity contribution in [2.24, 2.45) is 10.2 Å². The number of halogens is 1. The summed E-state index contributed by atoms with van der Waals surface area (Å²) >= 11 is 0. The van der Waals surface area contributed by atoms with Gasteiger partial charge in [-0.2, -0.15) is 0 Å². The van der Waals surface area contributed by atoms with Crippen molar-refractivity contribution < 1.29 is 26.7 Å². The van der Waals surface area contributed by atoms with Crippen LogP contribution in [-0.2, 0) is 0 Å². The summed E-state index contributed by atoms with van der Waals surface area (Å²) in [4.78, 5) is 0. The van der Waals surface area contributed by atoms with E-state index in [-0.39, 0.29) is 18.2 Å². The number of phenolic OH excluding ortho intramolecular Hbond substituents is 1. The Balaban J connectivity index is 0.00000261. The van der Waals surface area contributed by atoms with Crippen molar-refractivity contribution in [3.05, 3.63) is 60.7 Å². The van der Waals surface area contributed by atoms with E-state index in [1.54, 1.807) is 12.1 Å². The lowest BCUT2D eigenvalue weighted by molar-refractivity contribution is -0.870. The fourth-order valence-corrected chi connectivity index (χ4v) is 2.55. The summed E-state index contributed by atoms with van der Waals surface area (Å²) in [5.74, 6) is 0.955. The average molecular weight is 386 g/mol. The van der Waals surface area contributed by atoms with Crippen LogP contribution in [0.4, 0.5) is 11.4 Å². The summed E-state index contributed by atoms with van der Waals surface area (Å²) in [6.45, 7) is 1.51. The lowest BCUT2D eigenvalue weighted by Gasteiger charge is -2.23. The van der Waals surface area contributed by atoms with Crippen molar-refractivity contribution >= 4 is 22.1 Å². The van der Waals surface area contributed by atoms with Gasteiger partial charge in [-0.3, -0.25) is 0 Å². The van der Waals surface area contributed by atoms with Crippen LogP contribution in [0.5, 0.6) is 11.5 Å². The van der Waals surface area contributed by atoms with Crippen molar-refractivity contribution in [2.45, 2.75) is 0 Å². The molecule has 5 nitrogen and oxygen atoms in total. The minimum absolute atomic E-state index is 0. The number of hydrogen-bond donors (Lipinski definition) is 1. The van der Waals surface area contributed by atoms with Crippen LogP contribution in [0.15, 0.2) is 70.9 Å². The fourth-order valence-electron chi connectivity index (χ4n) is 2.55. The van der Waals surface area contributed by atoms with Crippen molar-refractivity contribution in [2.75, 3.05) is 34.3 Å². The van der Waals surface area contributed by atoms with Gasteiger partial charge in [0.05, 0.1) is 26.8 Å². The van der Waals surface area contributed by atoms with Gasteiger partial charge in [0.1, 0.15) is 30.3 Å². The van der Waals surface area contributed by atoms with Crippen molar-refractivity contribution in [3.8, 4) is 11.5 Å². The van der Waals surface area contributed by atoms with Crippen LogP contribution in [0, 0.1) is 0 Å². The summed E-state index contributed by atoms with van der Waals surface area (Å²) in [7, 11) is 6.39. The molecule has 0 amide bonds. The molecule has 3 aromatic carbocycles. The zero-order valence-corrected chi connectivity index (χ0v) is 16.5. The number of quaternary nitrogens is 1. The molecule has 0 radical (unpaired) electrons. The molecule has 0 unspecified atom stereocenters. The highest BCUT2D eigenvalue weighted by Gasteiger charge is 2.09. The van der Waals surface area contributed by atoms with Crippen LogP contribution >= 0.6 is 0 Å². The third-order valence-corrected chi connectivity index (χ3v) is 4.03. The summed E-state index contributed by atoms with van der Waals surface area (Å²) in [5.41, 5.74) is 1.39. The van der Waals surface area contributed by atoms with Gasteiger partial charge < -0.3 is 26.7 Å². The lowest BCUT2D eigenvalue weighted by atomic mass is 10.1. The molecular weight excluding hydrogens is 362 g/mol. The normalized spacial score (nSPS) is 11.5. The van der Waals surface area contributed by atoms with E-state index in [9.17, 15) is 5.11 Å². The Bertz CT molecular complexity index is 936. The van der Waals surface area contributed by atoms with Crippen LogP contribution in [0.3, 0.4) is 0 Å². The average Bonchev–Trinajstić information content (AvgIpc) is 2.61. The topological polar surface area (TPSA) is 54.2 Å². The second kappa shape index (κ2) is 8.84. The number of rotatable bonds is 6. The summed E-state index contributed by atoms with van der Waals surface area (Å²) < 4.78 is 6.74. The standard InChI is InChI=1S/C21H23N3O2.ClH/c1-24(2,3)14-15-26-21-11-7-6-10-19(21)23-22-18-12-13-20(25)17-9-5-4-8-16(17)18;/h4-13H,14-15H2,1-3H3;1H. The lowest BCUT2D eigenvalue weighted by Crippen LogP contribution is -3.00. The monoisotopic (exact) mass is 385 g/mol. The molecule has 0 aromatic heterocycles. The number of phenols is 1. The molecule has 1 N–H and O–H groups in total. The molecule has 0 aliphatic rings. The van der Waals surface area contributed by atoms with Crippen molar-refractivity contribution in [1.29, 1.82) is 0 Å². The number of nitrogens with zero attached hydrogens (tertiary/aromatic N) is 3. The first-order valence-corrected chi connectivity index (χ1v) is 8.59. The van der Waals surface area contributed by atoms with Crippen molar-refractivity contribution in [3.63, 3.8) is 0 Å². The Hall–Kier alpha value is -2.63. The van der Waals surface area contributed by atoms with E-state index in [2.05, 4.69) is 31.4 Å². The summed E-state index contributed by atoms with van der Waals surface area (Å²) in [6, 6.07) is 18.6. The minimum Gasteiger partial charge on any atom is -1.00 e. The number of fused-ring (bicyclic) bond motifs is 1. The quantitative estimate of drug-likeness (QED) is 0.521. The van der Waals surface area contributed by atoms with Gasteiger partial charge in [-0.1, -0.05) is 36.4 Å². The largest absolute Gasteiger partial charge is 1.00 e. The molecule has 0 saturated carbocycles. The van der Waals surface area contributed by atoms with E-state index in [0.29, 0.717) is 23.7 Å². The first kappa shape index (κ1) is 20.7. The third kappa shape index (κ3) is 5.42. The Morgan fingerprint density at radius 1 is 0.815 bits per heavy atom. The molecule has 27 heavy (non-hydrogen) atoms. The smallest absolute Gasteiger partial charge is 0.147 e. The molecule has 0 spiro atoms. The maximum Gasteiger partial charge on any atom is 0.147 e. The van der Waals surface area contributed by atoms with E-state index in [1.807, 2.05) is 48.5 Å². The summed E-state index contributed by atoms with van der Waals surface area (Å²) in [6.07, 6.45) is 0. The maximum atomic E-state index is 9.99. The first-order valence-electron chi connectivity index (χ1n) is 8.59. The highest BCUT2D eigenvalue weighted by atomic mass is 35.5. The molecule has 0 heterocycles. The fraction of sp³-hybridized carbons (Fsp3) is 0.238. The second-order valence-corrected chi connectivity index (χ2v) is 7.18. The van der Waals surface area contributed by atoms with Gasteiger partial charge in [-0.15, -0.1) is 10.2 Å². The van der Waals surface area contributed by atoms with E-state index in [0.717, 1.165) is 21.8 Å². The third-order valence-electron chi connectivity index (χ3n) is 4.03. The van der Waals surface area contributed by atoms with Crippen molar-refractivity contribution in [1.82, 2.24) is 0 Å². The molecule has 0 aliphatic carbocycles. The van der Waals surface area contributed by atoms with E-state index in [1.165, 1.54) is 0 Å². The highest BCUT2D eigenvalue weighted by molar-refractivity contribution is 5.96. The number of ether oxygens (including phenoxy) is 1. The predicted molar refractivity (Wildman–Crippen MR) is 105 cm³/mol. The van der Waals surface area contributed by atoms with Gasteiger partial charge in [0.2, 0.25) is 0 Å². The van der Waals surface area contributed by atoms with Gasteiger partial charge in [0, 0.05) is 10.8 Å². The second-order valence-electron chi connectivity index (χ2n) is 7.18. The van der Waals surface area contributed by atoms with Gasteiger partial charge in [-0.05, 0) is 24.3 Å². The molecule has 3 aromatic rings. The van der Waals surface area contributed by atoms with E-state index < -0.39 is 0 Å². The number of hydrogen-bond acceptors (Lipinski definition) is 4. The van der Waals surface area contributed by atoms with E-state index >= 15 is 0 Å². The molecule has 0 saturated heterocycles. The number of benzene rings is 3. The molecule has 0 atom stereocenters. The molecule has 0 aliphatic heterocycles. The highest BCUT2D eigenvalue weighted by Crippen LogP contribution is 2.34. The molecule has 0 bridgehead atoms. The van der Waals surface area contributed by atoms with Crippen LogP contribution in [0.1, 0.15) is 0 Å². The summed E-state index contributed by atoms with van der Waals surface area (Å²) in [5, 5.41) is 20.4. The molecule has 6 heteroatoms. The predicted octanol–water partition coefficient (Wildman–Crippen LogP) is 2.05. The Morgan fingerprint density at radius 3 is 2.19 bits per heavy atom. The number of azo groups is 1. The Kier molecular flexibility index (Phi) is 6.77.